The Balaban J connectivity index is 1.41. The SMILES string of the molecule is CC1CC(OC(=O)NC(C)(C)c2csc(-c3ccc(F)cc3)n2)C2CCC1CC2. The minimum absolute atomic E-state index is 0.0125. The Bertz CT molecular complexity index is 856. The molecule has 5 rings (SSSR count). The molecule has 0 aliphatic heterocycles. The van der Waals surface area contributed by atoms with E-state index in [9.17, 15) is 9.18 Å². The van der Waals surface area contributed by atoms with Gasteiger partial charge in [0.25, 0.3) is 0 Å². The summed E-state index contributed by atoms with van der Waals surface area (Å²) in [6.07, 6.45) is 5.49. The molecule has 2 bridgehead atoms. The van der Waals surface area contributed by atoms with Crippen molar-refractivity contribution < 1.29 is 13.9 Å². The van der Waals surface area contributed by atoms with Crippen LogP contribution in [0.15, 0.2) is 29.6 Å². The van der Waals surface area contributed by atoms with E-state index in [0.29, 0.717) is 11.8 Å². The number of alkyl carbamates (subject to hydrolysis) is 1. The molecule has 1 N–H and O–H groups in total. The van der Waals surface area contributed by atoms with Crippen LogP contribution in [0.25, 0.3) is 10.6 Å². The van der Waals surface area contributed by atoms with Gasteiger partial charge in [-0.2, -0.15) is 0 Å². The smallest absolute Gasteiger partial charge is 0.408 e. The highest BCUT2D eigenvalue weighted by Crippen LogP contribution is 2.43. The van der Waals surface area contributed by atoms with Crippen LogP contribution >= 0.6 is 11.3 Å². The summed E-state index contributed by atoms with van der Waals surface area (Å²) in [7, 11) is 0. The topological polar surface area (TPSA) is 51.2 Å². The average Bonchev–Trinajstić information content (AvgIpc) is 3.09. The number of fused-ring (bicyclic) bond motifs is 4. The number of carbonyl (C=O) groups excluding carboxylic acids is 1. The molecule has 1 amide bonds. The standard InChI is InChI=1S/C23H29FN2O2S/c1-14-12-19(16-6-4-15(14)5-7-16)28-22(27)26-23(2,3)20-13-29-21(25-20)17-8-10-18(24)11-9-17/h8-11,13-16,19H,4-7,12H2,1-3H3,(H,26,27). The maximum absolute atomic E-state index is 13.2. The van der Waals surface area contributed by atoms with E-state index in [1.807, 2.05) is 19.2 Å². The van der Waals surface area contributed by atoms with E-state index in [1.54, 1.807) is 12.1 Å². The molecule has 3 aliphatic rings. The van der Waals surface area contributed by atoms with Gasteiger partial charge in [-0.3, -0.25) is 0 Å². The summed E-state index contributed by atoms with van der Waals surface area (Å²) in [5, 5.41) is 5.75. The quantitative estimate of drug-likeness (QED) is 0.653. The normalized spacial score (nSPS) is 26.8. The number of halogens is 1. The highest BCUT2D eigenvalue weighted by atomic mass is 32.1. The van der Waals surface area contributed by atoms with Crippen LogP contribution in [-0.2, 0) is 10.3 Å². The molecular weight excluding hydrogens is 387 g/mol. The molecule has 1 aromatic heterocycles. The first-order chi connectivity index (χ1) is 13.8. The molecule has 0 radical (unpaired) electrons. The zero-order valence-electron chi connectivity index (χ0n) is 17.3. The third-order valence-corrected chi connectivity index (χ3v) is 7.55. The molecule has 2 aromatic rings. The molecule has 1 aromatic carbocycles. The molecule has 0 spiro atoms. The zero-order chi connectivity index (χ0) is 20.6. The number of nitrogens with one attached hydrogen (secondary N) is 1. The third-order valence-electron chi connectivity index (χ3n) is 6.66. The van der Waals surface area contributed by atoms with Gasteiger partial charge in [-0.25, -0.2) is 14.2 Å². The van der Waals surface area contributed by atoms with E-state index in [0.717, 1.165) is 28.6 Å². The summed E-state index contributed by atoms with van der Waals surface area (Å²) in [5.74, 6) is 1.63. The fourth-order valence-corrected chi connectivity index (χ4v) is 5.75. The van der Waals surface area contributed by atoms with Crippen LogP contribution in [0.5, 0.6) is 0 Å². The number of aromatic nitrogens is 1. The van der Waals surface area contributed by atoms with Crippen molar-refractivity contribution in [2.24, 2.45) is 17.8 Å². The third kappa shape index (κ3) is 4.47. The van der Waals surface area contributed by atoms with Crippen LogP contribution in [0, 0.1) is 23.6 Å². The van der Waals surface area contributed by atoms with Crippen molar-refractivity contribution in [3.05, 3.63) is 41.2 Å². The molecule has 3 fully saturated rings. The minimum atomic E-state index is -0.652. The second kappa shape index (κ2) is 8.05. The van der Waals surface area contributed by atoms with Crippen molar-refractivity contribution in [2.75, 3.05) is 0 Å². The number of ether oxygens (including phenoxy) is 1. The number of nitrogens with zero attached hydrogens (tertiary/aromatic N) is 1. The maximum atomic E-state index is 13.2. The van der Waals surface area contributed by atoms with Gasteiger partial charge in [0.1, 0.15) is 16.9 Å². The Morgan fingerprint density at radius 2 is 1.83 bits per heavy atom. The second-order valence-corrected chi connectivity index (χ2v) is 9.98. The van der Waals surface area contributed by atoms with Crippen molar-refractivity contribution >= 4 is 17.4 Å². The minimum Gasteiger partial charge on any atom is -0.446 e. The molecule has 3 aliphatic carbocycles. The van der Waals surface area contributed by atoms with Crippen molar-refractivity contribution in [2.45, 2.75) is 64.5 Å². The van der Waals surface area contributed by atoms with Gasteiger partial charge in [0.05, 0.1) is 11.2 Å². The van der Waals surface area contributed by atoms with E-state index >= 15 is 0 Å². The summed E-state index contributed by atoms with van der Waals surface area (Å²) in [4.78, 5) is 17.4. The largest absolute Gasteiger partial charge is 0.446 e. The van der Waals surface area contributed by atoms with Gasteiger partial charge in [-0.1, -0.05) is 6.92 Å². The number of thiazole rings is 1. The summed E-state index contributed by atoms with van der Waals surface area (Å²) in [6, 6.07) is 6.29. The lowest BCUT2D eigenvalue weighted by Gasteiger charge is -2.29. The Morgan fingerprint density at radius 3 is 2.52 bits per heavy atom. The molecule has 29 heavy (non-hydrogen) atoms. The van der Waals surface area contributed by atoms with Gasteiger partial charge in [-0.15, -0.1) is 11.3 Å². The lowest BCUT2D eigenvalue weighted by atomic mass is 9.81. The molecule has 0 saturated heterocycles. The number of rotatable bonds is 4. The average molecular weight is 417 g/mol. The van der Waals surface area contributed by atoms with E-state index in [4.69, 9.17) is 4.74 Å². The van der Waals surface area contributed by atoms with E-state index in [2.05, 4.69) is 17.2 Å². The van der Waals surface area contributed by atoms with Gasteiger partial charge < -0.3 is 10.1 Å². The zero-order valence-corrected chi connectivity index (χ0v) is 18.1. The predicted octanol–water partition coefficient (Wildman–Crippen LogP) is 6.13. The van der Waals surface area contributed by atoms with Gasteiger partial charge in [0.2, 0.25) is 0 Å². The van der Waals surface area contributed by atoms with Crippen LogP contribution in [-0.4, -0.2) is 17.2 Å². The van der Waals surface area contributed by atoms with Gasteiger partial charge in [0, 0.05) is 10.9 Å². The van der Waals surface area contributed by atoms with E-state index in [1.165, 1.54) is 49.2 Å². The van der Waals surface area contributed by atoms with Crippen molar-refractivity contribution in [3.63, 3.8) is 0 Å². The van der Waals surface area contributed by atoms with Crippen LogP contribution in [0.2, 0.25) is 0 Å². The highest BCUT2D eigenvalue weighted by Gasteiger charge is 2.38. The monoisotopic (exact) mass is 416 g/mol. The lowest BCUT2D eigenvalue weighted by Crippen LogP contribution is -2.43. The fraction of sp³-hybridized carbons (Fsp3) is 0.565. The molecular formula is C23H29FN2O2S. The van der Waals surface area contributed by atoms with Crippen LogP contribution in [0.1, 0.15) is 58.6 Å². The van der Waals surface area contributed by atoms with Crippen molar-refractivity contribution in [3.8, 4) is 10.6 Å². The summed E-state index contributed by atoms with van der Waals surface area (Å²) in [6.45, 7) is 6.15. The number of hydrogen-bond donors (Lipinski definition) is 1. The van der Waals surface area contributed by atoms with Crippen molar-refractivity contribution in [1.82, 2.24) is 10.3 Å². The van der Waals surface area contributed by atoms with Gasteiger partial charge in [-0.05, 0) is 88.0 Å². The van der Waals surface area contributed by atoms with Crippen LogP contribution in [0.4, 0.5) is 9.18 Å². The van der Waals surface area contributed by atoms with Crippen LogP contribution < -0.4 is 5.32 Å². The Labute approximate surface area is 175 Å². The molecule has 3 saturated carbocycles. The molecule has 6 heteroatoms. The second-order valence-electron chi connectivity index (χ2n) is 9.13. The molecule has 2 atom stereocenters. The van der Waals surface area contributed by atoms with Gasteiger partial charge in [0.15, 0.2) is 0 Å². The van der Waals surface area contributed by atoms with Crippen LogP contribution in [0.3, 0.4) is 0 Å². The summed E-state index contributed by atoms with van der Waals surface area (Å²) >= 11 is 1.49. The maximum Gasteiger partial charge on any atom is 0.408 e. The highest BCUT2D eigenvalue weighted by molar-refractivity contribution is 7.13. The number of amides is 1. The molecule has 4 nitrogen and oxygen atoms in total. The molecule has 2 unspecified atom stereocenters. The fourth-order valence-electron chi connectivity index (χ4n) is 4.75. The Morgan fingerprint density at radius 1 is 1.17 bits per heavy atom. The molecule has 1 heterocycles. The first-order valence-corrected chi connectivity index (χ1v) is 11.4. The summed E-state index contributed by atoms with van der Waals surface area (Å²) < 4.78 is 19.1. The number of benzene rings is 1. The first-order valence-electron chi connectivity index (χ1n) is 10.5. The number of hydrogen-bond acceptors (Lipinski definition) is 4. The molecule has 156 valence electrons. The predicted molar refractivity (Wildman–Crippen MR) is 113 cm³/mol. The Kier molecular flexibility index (Phi) is 5.65. The first kappa shape index (κ1) is 20.3. The Hall–Kier alpha value is -1.95. The van der Waals surface area contributed by atoms with E-state index in [-0.39, 0.29) is 18.0 Å². The van der Waals surface area contributed by atoms with Crippen molar-refractivity contribution in [1.29, 1.82) is 0 Å². The van der Waals surface area contributed by atoms with E-state index < -0.39 is 5.54 Å². The summed E-state index contributed by atoms with van der Waals surface area (Å²) in [5.41, 5.74) is 0.985. The number of carbonyl (C=O) groups is 1. The lowest BCUT2D eigenvalue weighted by molar-refractivity contribution is 0.0464. The van der Waals surface area contributed by atoms with Gasteiger partial charge >= 0.3 is 6.09 Å².